The standard InChI is InChI=1S/C22H21ClN2O5/c1-29-17-10-13(6-7-16(17)23)20(26)18-19(14-4-2-8-24-11-14)25(22(28)21(18)27)12-15-5-3-9-30-15/h2,4,6-8,10-11,15,19,26H,3,5,9,12H2,1H3/b20-18-. The van der Waals surface area contributed by atoms with Crippen molar-refractivity contribution < 1.29 is 24.2 Å². The summed E-state index contributed by atoms with van der Waals surface area (Å²) in [6.45, 7) is 0.904. The third-order valence-electron chi connectivity index (χ3n) is 5.39. The molecule has 2 aromatic rings. The fourth-order valence-electron chi connectivity index (χ4n) is 3.92. The van der Waals surface area contributed by atoms with Crippen LogP contribution in [0.5, 0.6) is 5.75 Å². The van der Waals surface area contributed by atoms with Crippen LogP contribution in [-0.2, 0) is 14.3 Å². The number of aliphatic hydroxyl groups is 1. The molecular formula is C22H21ClN2O5. The predicted octanol–water partition coefficient (Wildman–Crippen LogP) is 3.34. The predicted molar refractivity (Wildman–Crippen MR) is 110 cm³/mol. The molecule has 8 heteroatoms. The van der Waals surface area contributed by atoms with Gasteiger partial charge in [0.05, 0.1) is 29.9 Å². The fourth-order valence-corrected chi connectivity index (χ4v) is 4.12. The number of methoxy groups -OCH3 is 1. The molecule has 1 amide bonds. The van der Waals surface area contributed by atoms with Crippen LogP contribution in [0.1, 0.15) is 30.0 Å². The molecule has 2 atom stereocenters. The van der Waals surface area contributed by atoms with Gasteiger partial charge in [-0.2, -0.15) is 0 Å². The molecule has 1 aromatic heterocycles. The molecule has 1 N–H and O–H groups in total. The molecule has 0 radical (unpaired) electrons. The molecule has 30 heavy (non-hydrogen) atoms. The summed E-state index contributed by atoms with van der Waals surface area (Å²) in [4.78, 5) is 31.5. The molecular weight excluding hydrogens is 408 g/mol. The Hall–Kier alpha value is -2.90. The Bertz CT molecular complexity index is 1000. The average molecular weight is 429 g/mol. The van der Waals surface area contributed by atoms with Crippen molar-refractivity contribution in [3.05, 3.63) is 64.4 Å². The van der Waals surface area contributed by atoms with Gasteiger partial charge in [0.15, 0.2) is 0 Å². The Kier molecular flexibility index (Phi) is 5.74. The quantitative estimate of drug-likeness (QED) is 0.446. The van der Waals surface area contributed by atoms with Gasteiger partial charge in [0, 0.05) is 31.1 Å². The van der Waals surface area contributed by atoms with E-state index in [0.29, 0.717) is 28.5 Å². The Balaban J connectivity index is 1.82. The highest BCUT2D eigenvalue weighted by molar-refractivity contribution is 6.46. The summed E-state index contributed by atoms with van der Waals surface area (Å²) in [5.74, 6) is -1.34. The first-order valence-electron chi connectivity index (χ1n) is 9.65. The van der Waals surface area contributed by atoms with Gasteiger partial charge in [-0.3, -0.25) is 14.6 Å². The van der Waals surface area contributed by atoms with Crippen LogP contribution < -0.4 is 4.74 Å². The second kappa shape index (κ2) is 8.45. The number of halogens is 1. The molecule has 1 aromatic carbocycles. The van der Waals surface area contributed by atoms with Gasteiger partial charge in [-0.25, -0.2) is 0 Å². The van der Waals surface area contributed by atoms with Crippen molar-refractivity contribution in [3.63, 3.8) is 0 Å². The zero-order valence-electron chi connectivity index (χ0n) is 16.4. The first-order chi connectivity index (χ1) is 14.5. The van der Waals surface area contributed by atoms with Gasteiger partial charge in [0.1, 0.15) is 11.5 Å². The van der Waals surface area contributed by atoms with E-state index in [4.69, 9.17) is 21.1 Å². The number of aromatic nitrogens is 1. The summed E-state index contributed by atoms with van der Waals surface area (Å²) in [6.07, 6.45) is 4.79. The highest BCUT2D eigenvalue weighted by Crippen LogP contribution is 2.40. The van der Waals surface area contributed by atoms with Crippen LogP contribution in [0.2, 0.25) is 5.02 Å². The van der Waals surface area contributed by atoms with Crippen molar-refractivity contribution in [2.45, 2.75) is 25.0 Å². The lowest BCUT2D eigenvalue weighted by Crippen LogP contribution is -2.36. The monoisotopic (exact) mass is 428 g/mol. The summed E-state index contributed by atoms with van der Waals surface area (Å²) in [5.41, 5.74) is 0.979. The van der Waals surface area contributed by atoms with Crippen molar-refractivity contribution >= 4 is 29.1 Å². The van der Waals surface area contributed by atoms with Crippen LogP contribution >= 0.6 is 11.6 Å². The number of hydrogen-bond donors (Lipinski definition) is 1. The number of aliphatic hydroxyl groups excluding tert-OH is 1. The lowest BCUT2D eigenvalue weighted by atomic mass is 9.96. The maximum Gasteiger partial charge on any atom is 0.295 e. The average Bonchev–Trinajstić information content (AvgIpc) is 3.36. The first-order valence-corrected chi connectivity index (χ1v) is 10.0. The third kappa shape index (κ3) is 3.66. The lowest BCUT2D eigenvalue weighted by Gasteiger charge is -2.27. The number of pyridine rings is 1. The Labute approximate surface area is 178 Å². The molecule has 2 unspecified atom stereocenters. The van der Waals surface area contributed by atoms with Crippen LogP contribution in [0.25, 0.3) is 5.76 Å². The number of nitrogens with zero attached hydrogens (tertiary/aromatic N) is 2. The molecule has 0 bridgehead atoms. The molecule has 0 saturated carbocycles. The number of carbonyl (C=O) groups is 2. The van der Waals surface area contributed by atoms with E-state index >= 15 is 0 Å². The summed E-state index contributed by atoms with van der Waals surface area (Å²) in [5, 5.41) is 11.4. The van der Waals surface area contributed by atoms with Crippen molar-refractivity contribution in [1.29, 1.82) is 0 Å². The van der Waals surface area contributed by atoms with E-state index in [0.717, 1.165) is 12.8 Å². The van der Waals surface area contributed by atoms with Gasteiger partial charge in [-0.05, 0) is 42.7 Å². The second-order valence-electron chi connectivity index (χ2n) is 7.22. The number of likely N-dealkylation sites (tertiary alicyclic amines) is 1. The smallest absolute Gasteiger partial charge is 0.295 e. The molecule has 2 fully saturated rings. The molecule has 3 heterocycles. The van der Waals surface area contributed by atoms with Gasteiger partial charge in [0.2, 0.25) is 0 Å². The first kappa shape index (κ1) is 20.4. The van der Waals surface area contributed by atoms with Crippen molar-refractivity contribution in [1.82, 2.24) is 9.88 Å². The van der Waals surface area contributed by atoms with Crippen molar-refractivity contribution in [2.75, 3.05) is 20.3 Å². The van der Waals surface area contributed by atoms with E-state index in [1.807, 2.05) is 0 Å². The number of Topliss-reactive ketones (excluding diaryl/α,β-unsaturated/α-hetero) is 1. The normalized spacial score (nSPS) is 23.2. The summed E-state index contributed by atoms with van der Waals surface area (Å²) >= 11 is 6.08. The number of carbonyl (C=O) groups excluding carboxylic acids is 2. The maximum atomic E-state index is 13.0. The largest absolute Gasteiger partial charge is 0.507 e. The fraction of sp³-hybridized carbons (Fsp3) is 0.318. The molecule has 7 nitrogen and oxygen atoms in total. The van der Waals surface area contributed by atoms with Gasteiger partial charge in [-0.15, -0.1) is 0 Å². The molecule has 0 spiro atoms. The minimum atomic E-state index is -0.760. The Morgan fingerprint density at radius 1 is 1.37 bits per heavy atom. The van der Waals surface area contributed by atoms with E-state index in [1.165, 1.54) is 18.1 Å². The van der Waals surface area contributed by atoms with Crippen molar-refractivity contribution in [3.8, 4) is 5.75 Å². The molecule has 2 saturated heterocycles. The molecule has 2 aliphatic heterocycles. The summed E-state index contributed by atoms with van der Waals surface area (Å²) < 4.78 is 10.9. The molecule has 0 aliphatic carbocycles. The number of benzene rings is 1. The summed E-state index contributed by atoms with van der Waals surface area (Å²) in [6, 6.07) is 7.43. The zero-order valence-corrected chi connectivity index (χ0v) is 17.1. The zero-order chi connectivity index (χ0) is 21.3. The van der Waals surface area contributed by atoms with Gasteiger partial charge < -0.3 is 19.5 Å². The van der Waals surface area contributed by atoms with E-state index in [1.54, 1.807) is 36.7 Å². The van der Waals surface area contributed by atoms with Crippen LogP contribution in [0.4, 0.5) is 0 Å². The number of rotatable bonds is 5. The number of ether oxygens (including phenoxy) is 2. The Morgan fingerprint density at radius 3 is 2.87 bits per heavy atom. The maximum absolute atomic E-state index is 13.0. The van der Waals surface area contributed by atoms with Gasteiger partial charge in [-0.1, -0.05) is 17.7 Å². The van der Waals surface area contributed by atoms with Gasteiger partial charge >= 0.3 is 0 Å². The number of hydrogen-bond acceptors (Lipinski definition) is 6. The topological polar surface area (TPSA) is 89.0 Å². The highest BCUT2D eigenvalue weighted by Gasteiger charge is 2.47. The van der Waals surface area contributed by atoms with Crippen LogP contribution in [0.15, 0.2) is 48.3 Å². The lowest BCUT2D eigenvalue weighted by molar-refractivity contribution is -0.140. The Morgan fingerprint density at radius 2 is 2.20 bits per heavy atom. The molecule has 4 rings (SSSR count). The van der Waals surface area contributed by atoms with E-state index in [9.17, 15) is 14.7 Å². The van der Waals surface area contributed by atoms with Crippen LogP contribution in [0.3, 0.4) is 0 Å². The summed E-state index contributed by atoms with van der Waals surface area (Å²) in [7, 11) is 1.46. The number of amides is 1. The third-order valence-corrected chi connectivity index (χ3v) is 5.70. The molecule has 2 aliphatic rings. The van der Waals surface area contributed by atoms with E-state index < -0.39 is 17.7 Å². The second-order valence-corrected chi connectivity index (χ2v) is 7.63. The minimum absolute atomic E-state index is 0.00960. The number of ketones is 1. The van der Waals surface area contributed by atoms with Crippen LogP contribution in [-0.4, -0.2) is 53.0 Å². The SMILES string of the molecule is COc1cc(/C(O)=C2/C(=O)C(=O)N(CC3CCCO3)C2c2cccnc2)ccc1Cl. The van der Waals surface area contributed by atoms with E-state index in [2.05, 4.69) is 4.98 Å². The molecule has 156 valence electrons. The van der Waals surface area contributed by atoms with E-state index in [-0.39, 0.29) is 24.0 Å². The van der Waals surface area contributed by atoms with Gasteiger partial charge in [0.25, 0.3) is 11.7 Å². The minimum Gasteiger partial charge on any atom is -0.507 e. The van der Waals surface area contributed by atoms with Crippen molar-refractivity contribution in [2.24, 2.45) is 0 Å². The van der Waals surface area contributed by atoms with Crippen LogP contribution in [0, 0.1) is 0 Å². The highest BCUT2D eigenvalue weighted by atomic mass is 35.5.